The highest BCUT2D eigenvalue weighted by Crippen LogP contribution is 2.39. The van der Waals surface area contributed by atoms with Crippen molar-refractivity contribution in [3.8, 4) is 11.5 Å². The van der Waals surface area contributed by atoms with Crippen molar-refractivity contribution in [1.82, 2.24) is 4.90 Å². The Bertz CT molecular complexity index is 545. The number of ether oxygens (including phenoxy) is 3. The van der Waals surface area contributed by atoms with Crippen molar-refractivity contribution < 1.29 is 19.0 Å². The minimum Gasteiger partial charge on any atom is -0.497 e. The number of fused-ring (bicyclic) bond motifs is 1. The van der Waals surface area contributed by atoms with Crippen LogP contribution in [0.4, 0.5) is 4.79 Å². The number of amides is 1. The van der Waals surface area contributed by atoms with E-state index in [-0.39, 0.29) is 12.1 Å². The van der Waals surface area contributed by atoms with Gasteiger partial charge in [-0.05, 0) is 45.7 Å². The smallest absolute Gasteiger partial charge is 0.410 e. The zero-order valence-corrected chi connectivity index (χ0v) is 14.2. The van der Waals surface area contributed by atoms with Gasteiger partial charge < -0.3 is 19.1 Å². The average Bonchev–Trinajstić information content (AvgIpc) is 2.44. The summed E-state index contributed by atoms with van der Waals surface area (Å²) in [5.74, 6) is 1.52. The molecule has 2 rings (SSSR count). The summed E-state index contributed by atoms with van der Waals surface area (Å²) in [6.45, 7) is 8.24. The van der Waals surface area contributed by atoms with Gasteiger partial charge in [0.15, 0.2) is 0 Å². The monoisotopic (exact) mass is 307 g/mol. The van der Waals surface area contributed by atoms with Crippen LogP contribution in [0.1, 0.15) is 44.9 Å². The Labute approximate surface area is 132 Å². The molecule has 0 N–H and O–H groups in total. The van der Waals surface area contributed by atoms with Gasteiger partial charge in [0.2, 0.25) is 0 Å². The van der Waals surface area contributed by atoms with Gasteiger partial charge in [-0.2, -0.15) is 0 Å². The predicted octanol–water partition coefficient (Wildman–Crippen LogP) is 3.56. The number of hydrogen-bond donors (Lipinski definition) is 0. The molecule has 1 aromatic rings. The van der Waals surface area contributed by atoms with Gasteiger partial charge in [0.25, 0.3) is 0 Å². The van der Waals surface area contributed by atoms with E-state index in [1.54, 1.807) is 19.1 Å². The van der Waals surface area contributed by atoms with Crippen molar-refractivity contribution in [2.45, 2.75) is 45.8 Å². The van der Waals surface area contributed by atoms with Gasteiger partial charge in [0.1, 0.15) is 17.1 Å². The molecule has 1 atom stereocenters. The van der Waals surface area contributed by atoms with Gasteiger partial charge in [0, 0.05) is 18.2 Å². The lowest BCUT2D eigenvalue weighted by Crippen LogP contribution is -2.42. The van der Waals surface area contributed by atoms with Crippen LogP contribution in [0.25, 0.3) is 0 Å². The van der Waals surface area contributed by atoms with Gasteiger partial charge >= 0.3 is 6.09 Å². The van der Waals surface area contributed by atoms with Crippen molar-refractivity contribution in [3.05, 3.63) is 23.3 Å². The highest BCUT2D eigenvalue weighted by Gasteiger charge is 2.33. The summed E-state index contributed by atoms with van der Waals surface area (Å²) >= 11 is 0. The molecule has 1 amide bonds. The van der Waals surface area contributed by atoms with E-state index in [1.807, 2.05) is 39.8 Å². The van der Waals surface area contributed by atoms with Gasteiger partial charge in [-0.3, -0.25) is 0 Å². The molecule has 0 unspecified atom stereocenters. The first-order valence-electron chi connectivity index (χ1n) is 7.51. The number of rotatable bonds is 2. The third kappa shape index (κ3) is 3.29. The van der Waals surface area contributed by atoms with Gasteiger partial charge in [0.05, 0.1) is 20.3 Å². The molecular formula is C17H25NO4. The first kappa shape index (κ1) is 16.5. The molecule has 0 bridgehead atoms. The van der Waals surface area contributed by atoms with Crippen molar-refractivity contribution in [3.63, 3.8) is 0 Å². The Kier molecular flexibility index (Phi) is 4.54. The molecule has 0 saturated heterocycles. The molecule has 22 heavy (non-hydrogen) atoms. The topological polar surface area (TPSA) is 48.0 Å². The van der Waals surface area contributed by atoms with Crippen molar-refractivity contribution in [2.24, 2.45) is 0 Å². The van der Waals surface area contributed by atoms with E-state index in [2.05, 4.69) is 0 Å². The normalized spacial score (nSPS) is 17.7. The first-order valence-corrected chi connectivity index (χ1v) is 7.51. The molecule has 0 fully saturated rings. The molecule has 1 heterocycles. The van der Waals surface area contributed by atoms with Crippen LogP contribution in [0, 0.1) is 0 Å². The summed E-state index contributed by atoms with van der Waals surface area (Å²) in [5, 5.41) is 0. The van der Waals surface area contributed by atoms with Gasteiger partial charge in [-0.1, -0.05) is 0 Å². The maximum atomic E-state index is 12.4. The highest BCUT2D eigenvalue weighted by molar-refractivity contribution is 5.70. The molecule has 5 nitrogen and oxygen atoms in total. The van der Waals surface area contributed by atoms with E-state index < -0.39 is 5.60 Å². The first-order chi connectivity index (χ1) is 10.3. The van der Waals surface area contributed by atoms with E-state index in [4.69, 9.17) is 14.2 Å². The fraction of sp³-hybridized carbons (Fsp3) is 0.588. The van der Waals surface area contributed by atoms with E-state index in [0.717, 1.165) is 29.0 Å². The standard InChI is InChI=1S/C17H25NO4/c1-11-15-12(9-13(20-5)10-14(15)21-6)7-8-18(11)16(19)22-17(2,3)4/h9-11H,7-8H2,1-6H3/t11-/m1/s1. The number of benzene rings is 1. The molecule has 1 aliphatic rings. The zero-order chi connectivity index (χ0) is 16.5. The lowest BCUT2D eigenvalue weighted by Gasteiger charge is -2.37. The second kappa shape index (κ2) is 6.07. The summed E-state index contributed by atoms with van der Waals surface area (Å²) < 4.78 is 16.3. The van der Waals surface area contributed by atoms with Crippen LogP contribution in [-0.2, 0) is 11.2 Å². The Morgan fingerprint density at radius 3 is 2.45 bits per heavy atom. The lowest BCUT2D eigenvalue weighted by atomic mass is 9.92. The van der Waals surface area contributed by atoms with Crippen LogP contribution in [0.3, 0.4) is 0 Å². The van der Waals surface area contributed by atoms with E-state index in [0.29, 0.717) is 6.54 Å². The van der Waals surface area contributed by atoms with E-state index >= 15 is 0 Å². The Morgan fingerprint density at radius 1 is 1.23 bits per heavy atom. The number of carbonyl (C=O) groups excluding carboxylic acids is 1. The Balaban J connectivity index is 2.33. The summed E-state index contributed by atoms with van der Waals surface area (Å²) in [4.78, 5) is 14.1. The summed E-state index contributed by atoms with van der Waals surface area (Å²) in [5.41, 5.74) is 1.69. The van der Waals surface area contributed by atoms with Gasteiger partial charge in [-0.25, -0.2) is 4.79 Å². The third-order valence-corrected chi connectivity index (χ3v) is 3.79. The molecule has 0 saturated carbocycles. The van der Waals surface area contributed by atoms with Crippen LogP contribution >= 0.6 is 0 Å². The second-order valence-corrected chi connectivity index (χ2v) is 6.50. The molecule has 1 aromatic carbocycles. The number of hydrogen-bond acceptors (Lipinski definition) is 4. The maximum absolute atomic E-state index is 12.4. The molecule has 0 aromatic heterocycles. The summed E-state index contributed by atoms with van der Waals surface area (Å²) in [6.07, 6.45) is 0.468. The Hall–Kier alpha value is -1.91. The minimum absolute atomic E-state index is 0.0977. The Morgan fingerprint density at radius 2 is 1.91 bits per heavy atom. The molecule has 0 aliphatic carbocycles. The van der Waals surface area contributed by atoms with Crippen molar-refractivity contribution in [2.75, 3.05) is 20.8 Å². The maximum Gasteiger partial charge on any atom is 0.410 e. The van der Waals surface area contributed by atoms with Gasteiger partial charge in [-0.15, -0.1) is 0 Å². The van der Waals surface area contributed by atoms with Crippen LogP contribution in [0.15, 0.2) is 12.1 Å². The molecule has 0 radical (unpaired) electrons. The average molecular weight is 307 g/mol. The van der Waals surface area contributed by atoms with Crippen LogP contribution < -0.4 is 9.47 Å². The fourth-order valence-corrected chi connectivity index (χ4v) is 2.78. The molecule has 122 valence electrons. The molecular weight excluding hydrogens is 282 g/mol. The largest absolute Gasteiger partial charge is 0.497 e. The molecule has 0 spiro atoms. The van der Waals surface area contributed by atoms with Crippen molar-refractivity contribution >= 4 is 6.09 Å². The highest BCUT2D eigenvalue weighted by atomic mass is 16.6. The second-order valence-electron chi connectivity index (χ2n) is 6.50. The SMILES string of the molecule is COc1cc2c(c(OC)c1)[C@@H](C)N(C(=O)OC(C)(C)C)CC2. The van der Waals surface area contributed by atoms with Crippen LogP contribution in [0.2, 0.25) is 0 Å². The quantitative estimate of drug-likeness (QED) is 0.838. The molecule has 1 aliphatic heterocycles. The number of methoxy groups -OCH3 is 2. The number of nitrogens with zero attached hydrogens (tertiary/aromatic N) is 1. The summed E-state index contributed by atoms with van der Waals surface area (Å²) in [6, 6.07) is 3.77. The zero-order valence-electron chi connectivity index (χ0n) is 14.2. The van der Waals surface area contributed by atoms with Crippen LogP contribution in [-0.4, -0.2) is 37.4 Å². The fourth-order valence-electron chi connectivity index (χ4n) is 2.78. The van der Waals surface area contributed by atoms with Crippen molar-refractivity contribution in [1.29, 1.82) is 0 Å². The van der Waals surface area contributed by atoms with Crippen LogP contribution in [0.5, 0.6) is 11.5 Å². The lowest BCUT2D eigenvalue weighted by molar-refractivity contribution is 0.0157. The molecule has 5 heteroatoms. The van der Waals surface area contributed by atoms with E-state index in [1.165, 1.54) is 0 Å². The summed E-state index contributed by atoms with van der Waals surface area (Å²) in [7, 11) is 3.27. The minimum atomic E-state index is -0.499. The predicted molar refractivity (Wildman–Crippen MR) is 84.6 cm³/mol. The third-order valence-electron chi connectivity index (χ3n) is 3.79. The van der Waals surface area contributed by atoms with E-state index in [9.17, 15) is 4.79 Å². The number of carbonyl (C=O) groups is 1.